The molecule has 0 unspecified atom stereocenters. The molecule has 2 aromatic heterocycles. The lowest BCUT2D eigenvalue weighted by Crippen LogP contribution is -2.44. The molecule has 6 nitrogen and oxygen atoms in total. The van der Waals surface area contributed by atoms with E-state index in [2.05, 4.69) is 0 Å². The van der Waals surface area contributed by atoms with Gasteiger partial charge < -0.3 is 18.9 Å². The fourth-order valence-electron chi connectivity index (χ4n) is 2.98. The van der Waals surface area contributed by atoms with Gasteiger partial charge in [-0.05, 0) is 23.9 Å². The zero-order valence-electron chi connectivity index (χ0n) is 13.3. The molecule has 1 fully saturated rings. The molecule has 0 spiro atoms. The van der Waals surface area contributed by atoms with Crippen molar-refractivity contribution in [3.8, 4) is 0 Å². The number of methoxy groups -OCH3 is 1. The number of carbonyl (C=O) groups excluding carboxylic acids is 2. The molecule has 1 aliphatic heterocycles. The molecule has 0 saturated carbocycles. The Balaban J connectivity index is 2.02. The summed E-state index contributed by atoms with van der Waals surface area (Å²) in [5.74, 6) is -0.381. The number of rotatable bonds is 4. The zero-order valence-corrected chi connectivity index (χ0v) is 14.1. The van der Waals surface area contributed by atoms with Crippen LogP contribution in [0.2, 0.25) is 0 Å². The van der Waals surface area contributed by atoms with Crippen LogP contribution in [0.5, 0.6) is 0 Å². The average molecular weight is 336 g/mol. The van der Waals surface area contributed by atoms with Gasteiger partial charge in [0.2, 0.25) is 5.91 Å². The molecule has 1 saturated heterocycles. The third-order valence-electron chi connectivity index (χ3n) is 4.15. The third-order valence-corrected chi connectivity index (χ3v) is 5.07. The first-order valence-corrected chi connectivity index (χ1v) is 8.58. The van der Waals surface area contributed by atoms with E-state index in [9.17, 15) is 9.59 Å². The van der Waals surface area contributed by atoms with E-state index in [1.807, 2.05) is 27.8 Å². The van der Waals surface area contributed by atoms with Gasteiger partial charge in [-0.2, -0.15) is 0 Å². The molecule has 0 aliphatic carbocycles. The second kappa shape index (κ2) is 6.72. The molecule has 1 amide bonds. The molecule has 3 heterocycles. The first kappa shape index (κ1) is 16.0. The van der Waals surface area contributed by atoms with E-state index in [0.29, 0.717) is 38.4 Å². The second-order valence-electron chi connectivity index (χ2n) is 5.43. The van der Waals surface area contributed by atoms with E-state index in [-0.39, 0.29) is 5.91 Å². The van der Waals surface area contributed by atoms with Crippen molar-refractivity contribution in [1.82, 2.24) is 9.47 Å². The summed E-state index contributed by atoms with van der Waals surface area (Å²) in [5.41, 5.74) is 0.433. The number of aromatic nitrogens is 1. The van der Waals surface area contributed by atoms with Crippen molar-refractivity contribution in [2.24, 2.45) is 0 Å². The van der Waals surface area contributed by atoms with Gasteiger partial charge in [-0.25, -0.2) is 4.79 Å². The van der Waals surface area contributed by atoms with Gasteiger partial charge in [0.05, 0.1) is 20.3 Å². The van der Waals surface area contributed by atoms with E-state index in [1.165, 1.54) is 18.4 Å². The van der Waals surface area contributed by atoms with Gasteiger partial charge in [-0.3, -0.25) is 4.79 Å². The molecule has 124 valence electrons. The minimum Gasteiger partial charge on any atom is -0.464 e. The van der Waals surface area contributed by atoms with Crippen LogP contribution in [-0.4, -0.2) is 54.8 Å². The summed E-state index contributed by atoms with van der Waals surface area (Å²) in [6.07, 6.45) is 0.613. The highest BCUT2D eigenvalue weighted by Gasteiger charge is 2.30. The summed E-state index contributed by atoms with van der Waals surface area (Å²) in [4.78, 5) is 27.8. The Morgan fingerprint density at radius 2 is 2.13 bits per heavy atom. The number of thiophene rings is 1. The SMILES string of the molecule is CC[C@H](C(=O)N1CCOCC1)n1c(C(=O)OC)cc2ccsc21. The molecule has 2 aromatic rings. The van der Waals surface area contributed by atoms with E-state index >= 15 is 0 Å². The van der Waals surface area contributed by atoms with E-state index in [1.54, 1.807) is 6.07 Å². The second-order valence-corrected chi connectivity index (χ2v) is 6.33. The third kappa shape index (κ3) is 2.86. The molecule has 0 N–H and O–H groups in total. The van der Waals surface area contributed by atoms with Crippen LogP contribution < -0.4 is 0 Å². The van der Waals surface area contributed by atoms with Gasteiger partial charge >= 0.3 is 5.97 Å². The standard InChI is InChI=1S/C16H20N2O4S/c1-3-12(14(19)17-5-7-22-8-6-17)18-13(16(20)21-2)10-11-4-9-23-15(11)18/h4,9-10,12H,3,5-8H2,1-2H3/t12-/m1/s1. The number of hydrogen-bond acceptors (Lipinski definition) is 5. The number of ether oxygens (including phenoxy) is 2. The lowest BCUT2D eigenvalue weighted by molar-refractivity contribution is -0.138. The zero-order chi connectivity index (χ0) is 16.4. The maximum atomic E-state index is 13.0. The fraction of sp³-hybridized carbons (Fsp3) is 0.500. The highest BCUT2D eigenvalue weighted by molar-refractivity contribution is 7.16. The molecule has 1 aliphatic rings. The van der Waals surface area contributed by atoms with Crippen LogP contribution in [-0.2, 0) is 14.3 Å². The minimum atomic E-state index is -0.415. The monoisotopic (exact) mass is 336 g/mol. The minimum absolute atomic E-state index is 0.0341. The number of fused-ring (bicyclic) bond motifs is 1. The number of esters is 1. The molecular weight excluding hydrogens is 316 g/mol. The Morgan fingerprint density at radius 3 is 2.78 bits per heavy atom. The summed E-state index contributed by atoms with van der Waals surface area (Å²) in [6, 6.07) is 3.35. The van der Waals surface area contributed by atoms with Crippen molar-refractivity contribution in [2.45, 2.75) is 19.4 Å². The lowest BCUT2D eigenvalue weighted by Gasteiger charge is -2.31. The van der Waals surface area contributed by atoms with Gasteiger partial charge in [0, 0.05) is 18.5 Å². The summed E-state index contributed by atoms with van der Waals surface area (Å²) < 4.78 is 12.1. The van der Waals surface area contributed by atoms with Gasteiger partial charge in [0.15, 0.2) is 0 Å². The Bertz CT molecular complexity index is 715. The van der Waals surface area contributed by atoms with Crippen molar-refractivity contribution >= 4 is 33.4 Å². The highest BCUT2D eigenvalue weighted by atomic mass is 32.1. The molecular formula is C16H20N2O4S. The summed E-state index contributed by atoms with van der Waals surface area (Å²) in [7, 11) is 1.36. The predicted molar refractivity (Wildman–Crippen MR) is 87.9 cm³/mol. The fourth-order valence-corrected chi connectivity index (χ4v) is 3.92. The first-order valence-electron chi connectivity index (χ1n) is 7.70. The van der Waals surface area contributed by atoms with E-state index in [4.69, 9.17) is 9.47 Å². The van der Waals surface area contributed by atoms with Crippen LogP contribution in [0, 0.1) is 0 Å². The highest BCUT2D eigenvalue weighted by Crippen LogP contribution is 2.31. The van der Waals surface area contributed by atoms with Gasteiger partial charge in [0.25, 0.3) is 0 Å². The number of carbonyl (C=O) groups is 2. The van der Waals surface area contributed by atoms with Crippen LogP contribution in [0.15, 0.2) is 17.5 Å². The van der Waals surface area contributed by atoms with Gasteiger partial charge in [0.1, 0.15) is 16.6 Å². The van der Waals surface area contributed by atoms with Crippen molar-refractivity contribution < 1.29 is 19.1 Å². The van der Waals surface area contributed by atoms with Crippen molar-refractivity contribution in [2.75, 3.05) is 33.4 Å². The Kier molecular flexibility index (Phi) is 4.68. The van der Waals surface area contributed by atoms with E-state index in [0.717, 1.165) is 10.2 Å². The maximum absolute atomic E-state index is 13.0. The molecule has 0 radical (unpaired) electrons. The molecule has 23 heavy (non-hydrogen) atoms. The van der Waals surface area contributed by atoms with E-state index < -0.39 is 12.0 Å². The smallest absolute Gasteiger partial charge is 0.354 e. The molecule has 3 rings (SSSR count). The number of nitrogens with zero attached hydrogens (tertiary/aromatic N) is 2. The van der Waals surface area contributed by atoms with Crippen LogP contribution in [0.4, 0.5) is 0 Å². The quantitative estimate of drug-likeness (QED) is 0.804. The maximum Gasteiger partial charge on any atom is 0.354 e. The number of amides is 1. The van der Waals surface area contributed by atoms with Crippen LogP contribution in [0.25, 0.3) is 10.2 Å². The lowest BCUT2D eigenvalue weighted by atomic mass is 10.1. The predicted octanol–water partition coefficient (Wildman–Crippen LogP) is 2.30. The summed E-state index contributed by atoms with van der Waals surface area (Å²) in [6.45, 7) is 4.28. The number of morpholine rings is 1. The summed E-state index contributed by atoms with van der Waals surface area (Å²) in [5, 5.41) is 2.93. The molecule has 1 atom stereocenters. The molecule has 0 bridgehead atoms. The van der Waals surface area contributed by atoms with Crippen LogP contribution >= 0.6 is 11.3 Å². The largest absolute Gasteiger partial charge is 0.464 e. The number of hydrogen-bond donors (Lipinski definition) is 0. The van der Waals surface area contributed by atoms with Crippen molar-refractivity contribution in [3.63, 3.8) is 0 Å². The summed E-state index contributed by atoms with van der Waals surface area (Å²) >= 11 is 1.53. The first-order chi connectivity index (χ1) is 11.2. The molecule has 7 heteroatoms. The Morgan fingerprint density at radius 1 is 1.39 bits per heavy atom. The topological polar surface area (TPSA) is 60.8 Å². The van der Waals surface area contributed by atoms with Gasteiger partial charge in [-0.1, -0.05) is 6.92 Å². The van der Waals surface area contributed by atoms with Crippen molar-refractivity contribution in [1.29, 1.82) is 0 Å². The Hall–Kier alpha value is -1.86. The van der Waals surface area contributed by atoms with Crippen molar-refractivity contribution in [3.05, 3.63) is 23.2 Å². The van der Waals surface area contributed by atoms with Gasteiger partial charge in [-0.15, -0.1) is 11.3 Å². The average Bonchev–Trinajstić information content (AvgIpc) is 3.17. The van der Waals surface area contributed by atoms with Crippen LogP contribution in [0.3, 0.4) is 0 Å². The normalized spacial score (nSPS) is 16.5. The molecule has 0 aromatic carbocycles. The van der Waals surface area contributed by atoms with Crippen LogP contribution in [0.1, 0.15) is 29.9 Å². The Labute approximate surface area is 138 Å².